The Labute approximate surface area is 151 Å². The Morgan fingerprint density at radius 1 is 1.04 bits per heavy atom. The Kier molecular flexibility index (Phi) is 5.84. The first-order chi connectivity index (χ1) is 12.6. The zero-order valence-electron chi connectivity index (χ0n) is 14.3. The first-order valence-electron chi connectivity index (χ1n) is 8.71. The minimum Gasteiger partial charge on any atom is -0.490 e. The van der Waals surface area contributed by atoms with Crippen molar-refractivity contribution in [3.8, 4) is 5.75 Å². The summed E-state index contributed by atoms with van der Waals surface area (Å²) in [4.78, 5) is 23.8. The zero-order valence-corrected chi connectivity index (χ0v) is 14.3. The molecule has 0 heterocycles. The highest BCUT2D eigenvalue weighted by Crippen LogP contribution is 2.24. The van der Waals surface area contributed by atoms with E-state index >= 15 is 0 Å². The summed E-state index contributed by atoms with van der Waals surface area (Å²) in [5.41, 5.74) is 0.516. The van der Waals surface area contributed by atoms with Crippen LogP contribution in [0.5, 0.6) is 5.75 Å². The second kappa shape index (κ2) is 8.47. The molecule has 5 nitrogen and oxygen atoms in total. The van der Waals surface area contributed by atoms with Crippen LogP contribution in [0.2, 0.25) is 0 Å². The van der Waals surface area contributed by atoms with Crippen molar-refractivity contribution in [2.45, 2.75) is 31.8 Å². The minimum atomic E-state index is -0.626. The number of halogens is 1. The SMILES string of the molecule is O=C(CNC(=O)c1ccccc1F)Nc1ccc(OC2CCCC2)cc1. The molecule has 0 aliphatic heterocycles. The van der Waals surface area contributed by atoms with E-state index in [-0.39, 0.29) is 24.1 Å². The maximum Gasteiger partial charge on any atom is 0.254 e. The molecule has 2 aromatic rings. The van der Waals surface area contributed by atoms with Crippen molar-refractivity contribution in [1.29, 1.82) is 0 Å². The van der Waals surface area contributed by atoms with Gasteiger partial charge in [0.05, 0.1) is 18.2 Å². The van der Waals surface area contributed by atoms with Crippen LogP contribution in [0.15, 0.2) is 48.5 Å². The molecule has 0 saturated heterocycles. The van der Waals surface area contributed by atoms with Crippen LogP contribution in [0.25, 0.3) is 0 Å². The largest absolute Gasteiger partial charge is 0.490 e. The van der Waals surface area contributed by atoms with Gasteiger partial charge in [-0.05, 0) is 62.1 Å². The average molecular weight is 356 g/mol. The van der Waals surface area contributed by atoms with Gasteiger partial charge >= 0.3 is 0 Å². The fourth-order valence-corrected chi connectivity index (χ4v) is 2.92. The van der Waals surface area contributed by atoms with Crippen molar-refractivity contribution in [3.05, 3.63) is 59.9 Å². The Balaban J connectivity index is 1.47. The Bertz CT molecular complexity index is 771. The number of rotatable bonds is 6. The first kappa shape index (κ1) is 17.9. The molecule has 1 aliphatic rings. The van der Waals surface area contributed by atoms with E-state index in [4.69, 9.17) is 4.74 Å². The summed E-state index contributed by atoms with van der Waals surface area (Å²) in [5.74, 6) is -0.858. The van der Waals surface area contributed by atoms with Gasteiger partial charge in [-0.3, -0.25) is 9.59 Å². The van der Waals surface area contributed by atoms with Crippen molar-refractivity contribution in [2.24, 2.45) is 0 Å². The molecule has 136 valence electrons. The smallest absolute Gasteiger partial charge is 0.254 e. The van der Waals surface area contributed by atoms with Gasteiger partial charge in [0.1, 0.15) is 11.6 Å². The van der Waals surface area contributed by atoms with Gasteiger partial charge in [-0.1, -0.05) is 12.1 Å². The van der Waals surface area contributed by atoms with Gasteiger partial charge in [-0.2, -0.15) is 0 Å². The molecule has 0 aromatic heterocycles. The van der Waals surface area contributed by atoms with Crippen LogP contribution in [-0.4, -0.2) is 24.5 Å². The van der Waals surface area contributed by atoms with E-state index in [0.29, 0.717) is 5.69 Å². The van der Waals surface area contributed by atoms with Gasteiger partial charge in [-0.25, -0.2) is 4.39 Å². The van der Waals surface area contributed by atoms with E-state index in [1.807, 2.05) is 12.1 Å². The molecule has 0 atom stereocenters. The minimum absolute atomic E-state index is 0.0892. The summed E-state index contributed by atoms with van der Waals surface area (Å²) in [6.07, 6.45) is 4.86. The molecule has 0 unspecified atom stereocenters. The van der Waals surface area contributed by atoms with Crippen molar-refractivity contribution in [3.63, 3.8) is 0 Å². The number of hydrogen-bond acceptors (Lipinski definition) is 3. The monoisotopic (exact) mass is 356 g/mol. The molecule has 0 bridgehead atoms. The van der Waals surface area contributed by atoms with Gasteiger partial charge in [0.15, 0.2) is 0 Å². The maximum atomic E-state index is 13.5. The van der Waals surface area contributed by atoms with Crippen LogP contribution in [-0.2, 0) is 4.79 Å². The number of carbonyl (C=O) groups is 2. The summed E-state index contributed by atoms with van der Waals surface area (Å²) < 4.78 is 19.4. The van der Waals surface area contributed by atoms with Crippen LogP contribution >= 0.6 is 0 Å². The van der Waals surface area contributed by atoms with Crippen LogP contribution in [0.3, 0.4) is 0 Å². The lowest BCUT2D eigenvalue weighted by atomic mass is 10.2. The standard InChI is InChI=1S/C20H21FN2O3/c21-18-8-4-3-7-17(18)20(25)22-13-19(24)23-14-9-11-16(12-10-14)26-15-5-1-2-6-15/h3-4,7-12,15H,1-2,5-6,13H2,(H,22,25)(H,23,24). The Morgan fingerprint density at radius 2 is 1.73 bits per heavy atom. The number of ether oxygens (including phenoxy) is 1. The molecule has 26 heavy (non-hydrogen) atoms. The van der Waals surface area contributed by atoms with Gasteiger partial charge in [0.25, 0.3) is 5.91 Å². The summed E-state index contributed by atoms with van der Waals surface area (Å²) >= 11 is 0. The van der Waals surface area contributed by atoms with E-state index in [1.54, 1.807) is 18.2 Å². The lowest BCUT2D eigenvalue weighted by molar-refractivity contribution is -0.115. The number of amides is 2. The van der Waals surface area contributed by atoms with Crippen LogP contribution in [0.1, 0.15) is 36.0 Å². The highest BCUT2D eigenvalue weighted by atomic mass is 19.1. The first-order valence-corrected chi connectivity index (χ1v) is 8.71. The van der Waals surface area contributed by atoms with Gasteiger partial charge < -0.3 is 15.4 Å². The number of nitrogens with one attached hydrogen (secondary N) is 2. The predicted octanol–water partition coefficient (Wildman–Crippen LogP) is 3.52. The molecule has 1 fully saturated rings. The Morgan fingerprint density at radius 3 is 2.42 bits per heavy atom. The lowest BCUT2D eigenvalue weighted by Gasteiger charge is -2.13. The summed E-state index contributed by atoms with van der Waals surface area (Å²) in [7, 11) is 0. The number of benzene rings is 2. The maximum absolute atomic E-state index is 13.5. The number of anilines is 1. The molecule has 0 spiro atoms. The second-order valence-corrected chi connectivity index (χ2v) is 6.26. The van der Waals surface area contributed by atoms with Crippen LogP contribution in [0.4, 0.5) is 10.1 Å². The summed E-state index contributed by atoms with van der Waals surface area (Å²) in [6, 6.07) is 12.8. The summed E-state index contributed by atoms with van der Waals surface area (Å²) in [5, 5.41) is 5.09. The third-order valence-corrected chi connectivity index (χ3v) is 4.27. The van der Waals surface area contributed by atoms with Gasteiger partial charge in [-0.15, -0.1) is 0 Å². The normalized spacial score (nSPS) is 14.0. The molecule has 0 radical (unpaired) electrons. The molecule has 3 rings (SSSR count). The molecule has 6 heteroatoms. The van der Waals surface area contributed by atoms with E-state index in [2.05, 4.69) is 10.6 Å². The predicted molar refractivity (Wildman–Crippen MR) is 96.7 cm³/mol. The third kappa shape index (κ3) is 4.81. The van der Waals surface area contributed by atoms with Crippen LogP contribution < -0.4 is 15.4 Å². The van der Waals surface area contributed by atoms with E-state index in [9.17, 15) is 14.0 Å². The topological polar surface area (TPSA) is 67.4 Å². The molecular formula is C20H21FN2O3. The second-order valence-electron chi connectivity index (χ2n) is 6.26. The lowest BCUT2D eigenvalue weighted by Crippen LogP contribution is -2.33. The number of carbonyl (C=O) groups excluding carboxylic acids is 2. The van der Waals surface area contributed by atoms with Gasteiger partial charge in [0.2, 0.25) is 5.91 Å². The fraction of sp³-hybridized carbons (Fsp3) is 0.300. The molecule has 2 amide bonds. The summed E-state index contributed by atoms with van der Waals surface area (Å²) in [6.45, 7) is -0.243. The zero-order chi connectivity index (χ0) is 18.4. The fourth-order valence-electron chi connectivity index (χ4n) is 2.92. The molecule has 2 N–H and O–H groups in total. The highest BCUT2D eigenvalue weighted by molar-refractivity contribution is 5.99. The molecule has 2 aromatic carbocycles. The van der Waals surface area contributed by atoms with E-state index in [1.165, 1.54) is 31.0 Å². The van der Waals surface area contributed by atoms with E-state index < -0.39 is 11.7 Å². The average Bonchev–Trinajstić information content (AvgIpc) is 3.15. The van der Waals surface area contributed by atoms with Crippen molar-refractivity contribution < 1.29 is 18.7 Å². The van der Waals surface area contributed by atoms with Crippen LogP contribution in [0, 0.1) is 5.82 Å². The van der Waals surface area contributed by atoms with Gasteiger partial charge in [0, 0.05) is 5.69 Å². The quantitative estimate of drug-likeness (QED) is 0.832. The number of hydrogen-bond donors (Lipinski definition) is 2. The Hall–Kier alpha value is -2.89. The van der Waals surface area contributed by atoms with Crippen molar-refractivity contribution >= 4 is 17.5 Å². The third-order valence-electron chi connectivity index (χ3n) is 4.27. The van der Waals surface area contributed by atoms with Crippen molar-refractivity contribution in [2.75, 3.05) is 11.9 Å². The molecular weight excluding hydrogens is 335 g/mol. The van der Waals surface area contributed by atoms with E-state index in [0.717, 1.165) is 18.6 Å². The molecule has 1 saturated carbocycles. The highest BCUT2D eigenvalue weighted by Gasteiger charge is 2.16. The van der Waals surface area contributed by atoms with Crippen molar-refractivity contribution in [1.82, 2.24) is 5.32 Å². The molecule has 1 aliphatic carbocycles.